The van der Waals surface area contributed by atoms with Crippen molar-refractivity contribution in [2.75, 3.05) is 23.9 Å². The van der Waals surface area contributed by atoms with Gasteiger partial charge >= 0.3 is 0 Å². The molecule has 1 aliphatic heterocycles. The fourth-order valence-electron chi connectivity index (χ4n) is 3.74. The fourth-order valence-corrected chi connectivity index (χ4v) is 3.99. The minimum Gasteiger partial charge on any atom is -0.370 e. The van der Waals surface area contributed by atoms with Crippen molar-refractivity contribution in [3.8, 4) is 0 Å². The maximum atomic E-state index is 11.5. The highest BCUT2D eigenvalue weighted by Gasteiger charge is 2.44. The van der Waals surface area contributed by atoms with Gasteiger partial charge in [0.2, 0.25) is 0 Å². The maximum absolute atomic E-state index is 11.5. The second kappa shape index (κ2) is 7.19. The predicted octanol–water partition coefficient (Wildman–Crippen LogP) is 3.73. The highest BCUT2D eigenvalue weighted by Crippen LogP contribution is 2.42. The summed E-state index contributed by atoms with van der Waals surface area (Å²) in [6, 6.07) is 11.7. The zero-order valence-corrected chi connectivity index (χ0v) is 16.7. The smallest absolute Gasteiger partial charge is 0.194 e. The number of nitrogens with zero attached hydrogens (tertiary/aromatic N) is 2. The first-order valence-corrected chi connectivity index (χ1v) is 10.6. The monoisotopic (exact) mass is 383 g/mol. The molecule has 6 heteroatoms. The lowest BCUT2D eigenvalue weighted by Crippen LogP contribution is -2.48. The average Bonchev–Trinajstić information content (AvgIpc) is 2.96. The number of benzene rings is 1. The van der Waals surface area contributed by atoms with Gasteiger partial charge in [-0.3, -0.25) is 0 Å². The lowest BCUT2D eigenvalue weighted by molar-refractivity contribution is -0.212. The van der Waals surface area contributed by atoms with Crippen LogP contribution in [0.15, 0.2) is 42.6 Å². The summed E-state index contributed by atoms with van der Waals surface area (Å²) in [5.74, 6) is -0.465. The number of aromatic nitrogens is 2. The maximum Gasteiger partial charge on any atom is 0.194 e. The van der Waals surface area contributed by atoms with Gasteiger partial charge in [0.1, 0.15) is 6.04 Å². The van der Waals surface area contributed by atoms with E-state index in [1.54, 1.807) is 11.8 Å². The molecule has 1 aromatic carbocycles. The minimum absolute atomic E-state index is 0.364. The van der Waals surface area contributed by atoms with Crippen LogP contribution in [0.4, 0.5) is 5.69 Å². The van der Waals surface area contributed by atoms with Crippen LogP contribution in [-0.2, 0) is 11.2 Å². The first-order chi connectivity index (χ1) is 13.0. The van der Waals surface area contributed by atoms with Gasteiger partial charge in [0, 0.05) is 24.1 Å². The summed E-state index contributed by atoms with van der Waals surface area (Å²) < 4.78 is 8.12. The normalized spacial score (nSPS) is 21.9. The molecule has 142 valence electrons. The zero-order chi connectivity index (χ0) is 19.0. The van der Waals surface area contributed by atoms with Crippen molar-refractivity contribution >= 4 is 23.1 Å². The van der Waals surface area contributed by atoms with Crippen molar-refractivity contribution < 1.29 is 9.84 Å². The number of anilines is 1. The Hall–Kier alpha value is -2.02. The third-order valence-electron chi connectivity index (χ3n) is 5.31. The molecule has 2 atom stereocenters. The Balaban J connectivity index is 1.80. The molecule has 4 rings (SSSR count). The van der Waals surface area contributed by atoms with Gasteiger partial charge in [0.25, 0.3) is 0 Å². The summed E-state index contributed by atoms with van der Waals surface area (Å²) in [4.78, 5) is 4.75. The number of hydrogen-bond donors (Lipinski definition) is 2. The Morgan fingerprint density at radius 2 is 2.07 bits per heavy atom. The van der Waals surface area contributed by atoms with Crippen LogP contribution in [0.25, 0.3) is 5.65 Å². The van der Waals surface area contributed by atoms with Crippen LogP contribution >= 0.6 is 11.8 Å². The number of aryl methyl sites for hydroxylation is 2. The van der Waals surface area contributed by atoms with Gasteiger partial charge in [-0.05, 0) is 37.3 Å². The van der Waals surface area contributed by atoms with Gasteiger partial charge in [0.05, 0.1) is 18.0 Å². The first kappa shape index (κ1) is 18.3. The lowest BCUT2D eigenvalue weighted by Gasteiger charge is -2.41. The third kappa shape index (κ3) is 3.22. The van der Waals surface area contributed by atoms with Gasteiger partial charge in [-0.15, -0.1) is 0 Å². The van der Waals surface area contributed by atoms with Gasteiger partial charge < -0.3 is 19.6 Å². The van der Waals surface area contributed by atoms with Crippen molar-refractivity contribution in [3.63, 3.8) is 0 Å². The van der Waals surface area contributed by atoms with Crippen LogP contribution < -0.4 is 5.32 Å². The van der Waals surface area contributed by atoms with Crippen LogP contribution in [0.3, 0.4) is 0 Å². The number of thioether (sulfide) groups is 1. The predicted molar refractivity (Wildman–Crippen MR) is 110 cm³/mol. The number of fused-ring (bicyclic) bond motifs is 3. The molecule has 2 aromatic heterocycles. The Morgan fingerprint density at radius 3 is 2.81 bits per heavy atom. The molecule has 0 radical (unpaired) electrons. The molecule has 0 saturated carbocycles. The van der Waals surface area contributed by atoms with E-state index in [4.69, 9.17) is 9.72 Å². The molecular weight excluding hydrogens is 358 g/mol. The highest BCUT2D eigenvalue weighted by molar-refractivity contribution is 7.98. The lowest BCUT2D eigenvalue weighted by atomic mass is 9.88. The molecule has 2 N–H and O–H groups in total. The Kier molecular flexibility index (Phi) is 4.88. The number of pyridine rings is 1. The molecule has 3 heterocycles. The largest absolute Gasteiger partial charge is 0.370 e. The number of aliphatic hydroxyl groups is 1. The van der Waals surface area contributed by atoms with Crippen molar-refractivity contribution in [3.05, 3.63) is 65.1 Å². The summed E-state index contributed by atoms with van der Waals surface area (Å²) in [5.41, 5.74) is 6.03. The number of hydrogen-bond acceptors (Lipinski definition) is 5. The van der Waals surface area contributed by atoms with Gasteiger partial charge in [-0.2, -0.15) is 11.8 Å². The van der Waals surface area contributed by atoms with E-state index in [1.165, 1.54) is 0 Å². The topological polar surface area (TPSA) is 58.8 Å². The molecule has 0 amide bonds. The second-order valence-electron chi connectivity index (χ2n) is 7.04. The molecule has 0 fully saturated rings. The first-order valence-electron chi connectivity index (χ1n) is 9.17. The van der Waals surface area contributed by atoms with Crippen LogP contribution in [0, 0.1) is 13.8 Å². The SMILES string of the molecule is CSCCOC1(O)Cc2ccn3c(C)c(C)nc3c2NC1c1ccccc1. The van der Waals surface area contributed by atoms with E-state index in [9.17, 15) is 5.11 Å². The molecule has 5 nitrogen and oxygen atoms in total. The van der Waals surface area contributed by atoms with E-state index in [1.807, 2.05) is 55.8 Å². The highest BCUT2D eigenvalue weighted by atomic mass is 32.2. The molecule has 3 aromatic rings. The van der Waals surface area contributed by atoms with Crippen LogP contribution in [0.1, 0.15) is 28.6 Å². The minimum atomic E-state index is -1.31. The molecule has 2 unspecified atom stereocenters. The van der Waals surface area contributed by atoms with Crippen molar-refractivity contribution in [2.24, 2.45) is 0 Å². The summed E-state index contributed by atoms with van der Waals surface area (Å²) in [6.07, 6.45) is 4.48. The van der Waals surface area contributed by atoms with E-state index in [-0.39, 0.29) is 6.04 Å². The summed E-state index contributed by atoms with van der Waals surface area (Å²) in [6.45, 7) is 4.59. The number of rotatable bonds is 5. The fraction of sp³-hybridized carbons (Fsp3) is 0.381. The number of nitrogens with one attached hydrogen (secondary N) is 1. The van der Waals surface area contributed by atoms with Gasteiger partial charge in [0.15, 0.2) is 11.4 Å². The summed E-state index contributed by atoms with van der Waals surface area (Å²) >= 11 is 1.71. The van der Waals surface area contributed by atoms with Crippen LogP contribution in [-0.4, -0.2) is 38.9 Å². The van der Waals surface area contributed by atoms with E-state index < -0.39 is 5.79 Å². The van der Waals surface area contributed by atoms with E-state index in [0.717, 1.165) is 39.6 Å². The van der Waals surface area contributed by atoms with Crippen LogP contribution in [0.5, 0.6) is 0 Å². The Labute approximate surface area is 163 Å². The average molecular weight is 384 g/mol. The molecule has 27 heavy (non-hydrogen) atoms. The summed E-state index contributed by atoms with van der Waals surface area (Å²) in [7, 11) is 0. The quantitative estimate of drug-likeness (QED) is 0.519. The Morgan fingerprint density at radius 1 is 1.30 bits per heavy atom. The Bertz CT molecular complexity index is 957. The number of imidazole rings is 1. The van der Waals surface area contributed by atoms with Crippen molar-refractivity contribution in [1.29, 1.82) is 0 Å². The molecule has 0 aliphatic carbocycles. The van der Waals surface area contributed by atoms with Gasteiger partial charge in [-0.1, -0.05) is 30.3 Å². The van der Waals surface area contributed by atoms with Crippen molar-refractivity contribution in [1.82, 2.24) is 9.38 Å². The molecule has 0 saturated heterocycles. The third-order valence-corrected chi connectivity index (χ3v) is 5.89. The number of ether oxygens (including phenoxy) is 1. The molecular formula is C21H25N3O2S. The van der Waals surface area contributed by atoms with E-state index in [0.29, 0.717) is 13.0 Å². The molecule has 0 spiro atoms. The summed E-state index contributed by atoms with van der Waals surface area (Å²) in [5, 5.41) is 15.0. The zero-order valence-electron chi connectivity index (χ0n) is 15.9. The van der Waals surface area contributed by atoms with Crippen molar-refractivity contribution in [2.45, 2.75) is 32.1 Å². The van der Waals surface area contributed by atoms with Gasteiger partial charge in [-0.25, -0.2) is 4.98 Å². The van der Waals surface area contributed by atoms with E-state index in [2.05, 4.69) is 16.6 Å². The second-order valence-corrected chi connectivity index (χ2v) is 8.03. The standard InChI is InChI=1S/C21H25N3O2S/c1-14-15(2)24-10-9-17-13-21(25,26-11-12-27-3)19(16-7-5-4-6-8-16)23-18(17)20(24)22-14/h4-10,19,23,25H,11-13H2,1-3H3. The van der Waals surface area contributed by atoms with E-state index >= 15 is 0 Å². The van der Waals surface area contributed by atoms with Crippen LogP contribution in [0.2, 0.25) is 0 Å². The molecule has 0 bridgehead atoms. The molecule has 1 aliphatic rings.